The van der Waals surface area contributed by atoms with E-state index in [0.29, 0.717) is 30.0 Å². The molecule has 4 rings (SSSR count). The fraction of sp³-hybridized carbons (Fsp3) is 0.290. The Morgan fingerprint density at radius 3 is 2.38 bits per heavy atom. The van der Waals surface area contributed by atoms with Crippen LogP contribution in [0.3, 0.4) is 0 Å². The number of carbonyl (C=O) groups excluding carboxylic acids is 2. The number of benzene rings is 3. The molecule has 9 heteroatoms. The summed E-state index contributed by atoms with van der Waals surface area (Å²) in [4.78, 5) is 40.1. The molecular weight excluding hydrogens is 510 g/mol. The van der Waals surface area contributed by atoms with Crippen molar-refractivity contribution in [2.75, 3.05) is 26.2 Å². The summed E-state index contributed by atoms with van der Waals surface area (Å²) in [5.74, 6) is -1.63. The summed E-state index contributed by atoms with van der Waals surface area (Å²) in [6, 6.07) is 19.3. The SMILES string of the molecule is CC[NH+](CC)CCN1C(=O)C(=O)C(=C([O-])c2ccc(OCc3ccccc3)c(C)c2)C1c1cccc([N+](=O)[O-])c1. The number of ether oxygens (including phenoxy) is 1. The van der Waals surface area contributed by atoms with Gasteiger partial charge >= 0.3 is 0 Å². The number of carbonyl (C=O) groups is 2. The van der Waals surface area contributed by atoms with E-state index in [0.717, 1.165) is 18.7 Å². The van der Waals surface area contributed by atoms with Gasteiger partial charge < -0.3 is 19.6 Å². The number of nitrogens with one attached hydrogen (secondary N) is 1. The number of hydrogen-bond donors (Lipinski definition) is 1. The molecule has 1 fully saturated rings. The van der Waals surface area contributed by atoms with E-state index in [9.17, 15) is 24.8 Å². The Kier molecular flexibility index (Phi) is 8.96. The summed E-state index contributed by atoms with van der Waals surface area (Å²) in [5.41, 5.74) is 1.92. The van der Waals surface area contributed by atoms with Gasteiger partial charge in [-0.3, -0.25) is 19.7 Å². The maximum atomic E-state index is 13.8. The van der Waals surface area contributed by atoms with Crippen LogP contribution < -0.4 is 14.7 Å². The number of nitro groups is 1. The molecule has 1 atom stereocenters. The lowest BCUT2D eigenvalue weighted by Gasteiger charge is -2.28. The minimum atomic E-state index is -1.02. The van der Waals surface area contributed by atoms with Crippen molar-refractivity contribution in [3.63, 3.8) is 0 Å². The van der Waals surface area contributed by atoms with Gasteiger partial charge in [0.05, 0.1) is 37.1 Å². The van der Waals surface area contributed by atoms with Gasteiger partial charge in [0.2, 0.25) is 5.78 Å². The van der Waals surface area contributed by atoms with Crippen molar-refractivity contribution < 1.29 is 29.3 Å². The van der Waals surface area contributed by atoms with Crippen LogP contribution in [0.15, 0.2) is 78.4 Å². The van der Waals surface area contributed by atoms with Gasteiger partial charge in [-0.05, 0) is 55.2 Å². The number of non-ortho nitro benzene ring substituents is 1. The molecule has 1 unspecified atom stereocenters. The van der Waals surface area contributed by atoms with Gasteiger partial charge in [-0.1, -0.05) is 54.3 Å². The first-order valence-electron chi connectivity index (χ1n) is 13.4. The second-order valence-corrected chi connectivity index (χ2v) is 9.79. The highest BCUT2D eigenvalue weighted by Crippen LogP contribution is 2.39. The number of nitro benzene ring substituents is 1. The highest BCUT2D eigenvalue weighted by atomic mass is 16.6. The zero-order valence-electron chi connectivity index (χ0n) is 22.9. The number of Topliss-reactive ketones (excluding diaryl/α,β-unsaturated/α-hetero) is 1. The molecule has 208 valence electrons. The molecule has 0 aromatic heterocycles. The molecule has 3 aromatic rings. The van der Waals surface area contributed by atoms with E-state index in [-0.39, 0.29) is 23.4 Å². The fourth-order valence-corrected chi connectivity index (χ4v) is 4.98. The molecule has 40 heavy (non-hydrogen) atoms. The number of nitrogens with zero attached hydrogens (tertiary/aromatic N) is 2. The number of likely N-dealkylation sites (N-methyl/N-ethyl adjacent to an activating group) is 1. The lowest BCUT2D eigenvalue weighted by molar-refractivity contribution is -0.895. The molecule has 9 nitrogen and oxygen atoms in total. The zero-order valence-corrected chi connectivity index (χ0v) is 22.9. The monoisotopic (exact) mass is 543 g/mol. The predicted octanol–water partition coefficient (Wildman–Crippen LogP) is 2.63. The van der Waals surface area contributed by atoms with Gasteiger partial charge in [0, 0.05) is 17.7 Å². The lowest BCUT2D eigenvalue weighted by Crippen LogP contribution is -3.12. The molecule has 0 aliphatic carbocycles. The first kappa shape index (κ1) is 28.5. The van der Waals surface area contributed by atoms with Gasteiger partial charge in [-0.15, -0.1) is 0 Å². The number of likely N-dealkylation sites (tertiary alicyclic amines) is 1. The first-order chi connectivity index (χ1) is 19.2. The van der Waals surface area contributed by atoms with Crippen LogP contribution in [0.25, 0.3) is 5.76 Å². The van der Waals surface area contributed by atoms with Gasteiger partial charge in [-0.2, -0.15) is 0 Å². The number of quaternary nitrogens is 1. The Morgan fingerprint density at radius 1 is 1.00 bits per heavy atom. The third-order valence-corrected chi connectivity index (χ3v) is 7.31. The average molecular weight is 544 g/mol. The molecule has 0 spiro atoms. The number of ketones is 1. The van der Waals surface area contributed by atoms with Gasteiger partial charge in [0.25, 0.3) is 11.6 Å². The molecule has 0 saturated carbocycles. The molecule has 0 bridgehead atoms. The quantitative estimate of drug-likeness (QED) is 0.131. The average Bonchev–Trinajstić information content (AvgIpc) is 3.22. The summed E-state index contributed by atoms with van der Waals surface area (Å²) in [5, 5.41) is 25.3. The third-order valence-electron chi connectivity index (χ3n) is 7.31. The van der Waals surface area contributed by atoms with Gasteiger partial charge in [-0.25, -0.2) is 0 Å². The van der Waals surface area contributed by atoms with E-state index in [1.807, 2.05) is 44.2 Å². The number of amides is 1. The summed E-state index contributed by atoms with van der Waals surface area (Å²) in [7, 11) is 0. The van der Waals surface area contributed by atoms with Crippen LogP contribution in [0, 0.1) is 17.0 Å². The second kappa shape index (κ2) is 12.6. The van der Waals surface area contributed by atoms with Crippen LogP contribution in [0.5, 0.6) is 5.75 Å². The van der Waals surface area contributed by atoms with E-state index in [2.05, 4.69) is 0 Å². The summed E-state index contributed by atoms with van der Waals surface area (Å²) >= 11 is 0. The van der Waals surface area contributed by atoms with Crippen LogP contribution in [-0.2, 0) is 16.2 Å². The molecule has 1 N–H and O–H groups in total. The topological polar surface area (TPSA) is 117 Å². The van der Waals surface area contributed by atoms with Crippen LogP contribution in [-0.4, -0.2) is 47.7 Å². The Hall–Kier alpha value is -4.50. The van der Waals surface area contributed by atoms with Crippen molar-refractivity contribution in [3.05, 3.63) is 111 Å². The highest BCUT2D eigenvalue weighted by Gasteiger charge is 2.44. The van der Waals surface area contributed by atoms with Crippen molar-refractivity contribution in [3.8, 4) is 5.75 Å². The van der Waals surface area contributed by atoms with Crippen molar-refractivity contribution >= 4 is 23.1 Å². The lowest BCUT2D eigenvalue weighted by atomic mass is 9.94. The first-order valence-corrected chi connectivity index (χ1v) is 13.4. The normalized spacial score (nSPS) is 16.5. The number of rotatable bonds is 11. The van der Waals surface area contributed by atoms with Crippen LogP contribution in [0.4, 0.5) is 5.69 Å². The van der Waals surface area contributed by atoms with E-state index < -0.39 is 28.4 Å². The highest BCUT2D eigenvalue weighted by molar-refractivity contribution is 6.46. The molecule has 1 saturated heterocycles. The summed E-state index contributed by atoms with van der Waals surface area (Å²) in [6.45, 7) is 8.71. The van der Waals surface area contributed by atoms with Crippen LogP contribution >= 0.6 is 0 Å². The van der Waals surface area contributed by atoms with E-state index in [4.69, 9.17) is 4.74 Å². The molecule has 1 aliphatic heterocycles. The van der Waals surface area contributed by atoms with Crippen LogP contribution in [0.2, 0.25) is 0 Å². The fourth-order valence-electron chi connectivity index (χ4n) is 4.98. The van der Waals surface area contributed by atoms with Gasteiger partial charge in [0.1, 0.15) is 12.4 Å². The maximum absolute atomic E-state index is 13.8. The van der Waals surface area contributed by atoms with E-state index in [1.165, 1.54) is 28.0 Å². The molecule has 3 aromatic carbocycles. The van der Waals surface area contributed by atoms with Crippen molar-refractivity contribution in [2.24, 2.45) is 0 Å². The molecular formula is C31H33N3O6. The van der Waals surface area contributed by atoms with Crippen molar-refractivity contribution in [2.45, 2.75) is 33.4 Å². The van der Waals surface area contributed by atoms with E-state index >= 15 is 0 Å². The molecule has 1 heterocycles. The van der Waals surface area contributed by atoms with Crippen molar-refractivity contribution in [1.29, 1.82) is 0 Å². The summed E-state index contributed by atoms with van der Waals surface area (Å²) in [6.07, 6.45) is 0. The van der Waals surface area contributed by atoms with Crippen molar-refractivity contribution in [1.82, 2.24) is 4.90 Å². The zero-order chi connectivity index (χ0) is 28.8. The second-order valence-electron chi connectivity index (χ2n) is 9.79. The Labute approximate surface area is 233 Å². The number of hydrogen-bond acceptors (Lipinski definition) is 6. The van der Waals surface area contributed by atoms with Gasteiger partial charge in [0.15, 0.2) is 0 Å². The Morgan fingerprint density at radius 2 is 1.73 bits per heavy atom. The Bertz CT molecular complexity index is 1430. The van der Waals surface area contributed by atoms with E-state index in [1.54, 1.807) is 31.2 Å². The minimum absolute atomic E-state index is 0.179. The smallest absolute Gasteiger partial charge is 0.295 e. The summed E-state index contributed by atoms with van der Waals surface area (Å²) < 4.78 is 5.93. The minimum Gasteiger partial charge on any atom is -0.872 e. The largest absolute Gasteiger partial charge is 0.872 e. The molecule has 1 aliphatic rings. The molecule has 0 radical (unpaired) electrons. The predicted molar refractivity (Wildman–Crippen MR) is 148 cm³/mol. The third kappa shape index (κ3) is 6.05. The number of aryl methyl sites for hydroxylation is 1. The maximum Gasteiger partial charge on any atom is 0.295 e. The standard InChI is InChI=1S/C31H33N3O6/c1-4-32(5-2)16-17-33-28(23-12-9-13-25(19-23)34(38)39)27(30(36)31(33)37)29(35)24-14-15-26(21(3)18-24)40-20-22-10-7-6-8-11-22/h6-15,18-19,28,35H,4-5,16-17,20H2,1-3H3. The van der Waals surface area contributed by atoms with Crippen LogP contribution in [0.1, 0.15) is 42.1 Å². The molecule has 1 amide bonds. The Balaban J connectivity index is 1.72.